The standard InChI is InChI=1S/C7H16N2.C5HN5O2/c1-6-5-8(3)7(2)9(6)4;6-1-5(2-7)3(4(11)12)8-10-9-5/h6-7H,5H2,1-4H3;(H,11,12). The zero-order valence-electron chi connectivity index (χ0n) is 12.4. The smallest absolute Gasteiger partial charge is 0.298 e. The van der Waals surface area contributed by atoms with Gasteiger partial charge in [-0.2, -0.15) is 10.5 Å². The molecule has 112 valence electrons. The van der Waals surface area contributed by atoms with Gasteiger partial charge < -0.3 is 14.8 Å². The normalized spacial score (nSPS) is 29.8. The summed E-state index contributed by atoms with van der Waals surface area (Å²) in [6.45, 7) is 5.85. The summed E-state index contributed by atoms with van der Waals surface area (Å²) in [5.74, 6) is -1.72. The molecule has 2 aliphatic heterocycles. The van der Waals surface area contributed by atoms with Crippen molar-refractivity contribution in [2.45, 2.75) is 31.6 Å². The van der Waals surface area contributed by atoms with E-state index in [9.17, 15) is 9.90 Å². The van der Waals surface area contributed by atoms with Gasteiger partial charge >= 0.3 is 0 Å². The second kappa shape index (κ2) is 6.39. The largest absolute Gasteiger partial charge is 0.543 e. The van der Waals surface area contributed by atoms with E-state index in [1.54, 1.807) is 4.90 Å². The molecule has 0 aliphatic carbocycles. The number of carbonyl (C=O) groups is 1. The molecule has 9 nitrogen and oxygen atoms in total. The minimum absolute atomic E-state index is 0.708. The summed E-state index contributed by atoms with van der Waals surface area (Å²) in [4.78, 5) is 14.3. The Balaban J connectivity index is 0.000000219. The predicted molar refractivity (Wildman–Crippen MR) is 69.7 cm³/mol. The van der Waals surface area contributed by atoms with Crippen LogP contribution in [0, 0.1) is 22.7 Å². The molecule has 3 atom stereocenters. The van der Waals surface area contributed by atoms with Crippen molar-refractivity contribution in [3.63, 3.8) is 0 Å². The van der Waals surface area contributed by atoms with E-state index >= 15 is 0 Å². The van der Waals surface area contributed by atoms with Gasteiger partial charge in [-0.1, -0.05) is 0 Å². The molecule has 2 heterocycles. The van der Waals surface area contributed by atoms with Crippen LogP contribution in [-0.4, -0.2) is 55.0 Å². The number of likely N-dealkylation sites (N-methyl/N-ethyl adjacent to an activating group) is 2. The Kier molecular flexibility index (Phi) is 5.08. The lowest BCUT2D eigenvalue weighted by atomic mass is 9.99. The lowest BCUT2D eigenvalue weighted by molar-refractivity contribution is -0.896. The van der Waals surface area contributed by atoms with Crippen LogP contribution < -0.4 is 10.0 Å². The quantitative estimate of drug-likeness (QED) is 0.571. The highest BCUT2D eigenvalue weighted by Crippen LogP contribution is 2.17. The van der Waals surface area contributed by atoms with Gasteiger partial charge in [0, 0.05) is 6.92 Å². The van der Waals surface area contributed by atoms with Crippen LogP contribution in [0.3, 0.4) is 0 Å². The molecule has 2 rings (SSSR count). The van der Waals surface area contributed by atoms with E-state index in [0.29, 0.717) is 6.17 Å². The number of nitriles is 2. The molecule has 0 aromatic rings. The highest BCUT2D eigenvalue weighted by Gasteiger charge is 2.41. The average Bonchev–Trinajstić information content (AvgIpc) is 2.98. The number of carboxylic acids is 1. The maximum Gasteiger partial charge on any atom is 0.298 e. The number of nitrogens with one attached hydrogen (secondary N) is 1. The van der Waals surface area contributed by atoms with Crippen molar-refractivity contribution in [2.75, 3.05) is 20.6 Å². The fourth-order valence-corrected chi connectivity index (χ4v) is 2.13. The number of nitrogens with zero attached hydrogens (tertiary/aromatic N) is 6. The minimum atomic E-state index is -2.13. The molecule has 0 radical (unpaired) electrons. The van der Waals surface area contributed by atoms with Crippen molar-refractivity contribution < 1.29 is 14.8 Å². The van der Waals surface area contributed by atoms with Crippen LogP contribution in [0.15, 0.2) is 15.4 Å². The first-order valence-electron chi connectivity index (χ1n) is 6.37. The highest BCUT2D eigenvalue weighted by atomic mass is 16.4. The van der Waals surface area contributed by atoms with Crippen molar-refractivity contribution in [3.05, 3.63) is 0 Å². The third kappa shape index (κ3) is 3.21. The summed E-state index contributed by atoms with van der Waals surface area (Å²) >= 11 is 0. The molecule has 9 heteroatoms. The molecule has 2 aliphatic rings. The fraction of sp³-hybridized carbons (Fsp3) is 0.667. The summed E-state index contributed by atoms with van der Waals surface area (Å²) in [6, 6.07) is 3.53. The summed E-state index contributed by atoms with van der Waals surface area (Å²) in [5, 5.41) is 36.2. The van der Waals surface area contributed by atoms with Crippen molar-refractivity contribution in [2.24, 2.45) is 15.4 Å². The molecule has 3 unspecified atom stereocenters. The molecule has 0 spiro atoms. The Morgan fingerprint density at radius 1 is 1.48 bits per heavy atom. The molecule has 0 bridgehead atoms. The van der Waals surface area contributed by atoms with Crippen molar-refractivity contribution in [1.82, 2.24) is 4.90 Å². The van der Waals surface area contributed by atoms with Crippen molar-refractivity contribution in [1.29, 1.82) is 10.5 Å². The molecule has 1 saturated heterocycles. The molecule has 0 aromatic heterocycles. The summed E-state index contributed by atoms with van der Waals surface area (Å²) in [6.07, 6.45) is 0.708. The highest BCUT2D eigenvalue weighted by molar-refractivity contribution is 6.40. The maximum atomic E-state index is 10.3. The zero-order valence-corrected chi connectivity index (χ0v) is 12.4. The molecule has 0 aromatic carbocycles. The number of rotatable bonds is 1. The number of hydrogen-bond donors (Lipinski definition) is 1. The molecule has 1 N–H and O–H groups in total. The number of carbonyl (C=O) groups excluding carboxylic acids is 1. The fourth-order valence-electron chi connectivity index (χ4n) is 2.13. The second-order valence-electron chi connectivity index (χ2n) is 5.10. The van der Waals surface area contributed by atoms with E-state index in [1.165, 1.54) is 18.7 Å². The predicted octanol–water partition coefficient (Wildman–Crippen LogP) is -2.47. The lowest BCUT2D eigenvalue weighted by Crippen LogP contribution is -3.11. The Morgan fingerprint density at radius 3 is 2.29 bits per heavy atom. The number of carboxylic acid groups (broad SMARTS) is 1. The topological polar surface area (TPSA) is 132 Å². The SMILES string of the molecule is CC1C[NH+](C)C(C)N1C.N#CC1(C#N)N=NN=C1C(=O)[O-]. The van der Waals surface area contributed by atoms with Gasteiger partial charge in [-0.25, -0.2) is 4.90 Å². The van der Waals surface area contributed by atoms with Crippen molar-refractivity contribution in [3.8, 4) is 12.1 Å². The van der Waals surface area contributed by atoms with Gasteiger partial charge in [0.15, 0.2) is 0 Å². The third-order valence-electron chi connectivity index (χ3n) is 3.84. The summed E-state index contributed by atoms with van der Waals surface area (Å²) < 4.78 is 0. The van der Waals surface area contributed by atoms with E-state index < -0.39 is 17.2 Å². The van der Waals surface area contributed by atoms with Gasteiger partial charge in [0.1, 0.15) is 24.0 Å². The van der Waals surface area contributed by atoms with Gasteiger partial charge in [-0.15, -0.1) is 10.2 Å². The summed E-state index contributed by atoms with van der Waals surface area (Å²) in [5.41, 5.74) is -2.90. The average molecular weight is 291 g/mol. The molecular weight excluding hydrogens is 274 g/mol. The zero-order chi connectivity index (χ0) is 16.2. The Morgan fingerprint density at radius 2 is 2.05 bits per heavy atom. The van der Waals surface area contributed by atoms with Crippen LogP contribution in [0.25, 0.3) is 0 Å². The maximum absolute atomic E-state index is 10.3. The van der Waals surface area contributed by atoms with Crippen LogP contribution in [0.4, 0.5) is 0 Å². The van der Waals surface area contributed by atoms with E-state index in [-0.39, 0.29) is 0 Å². The minimum Gasteiger partial charge on any atom is -0.543 e. The first kappa shape index (κ1) is 16.7. The Bertz CT molecular complexity index is 531. The van der Waals surface area contributed by atoms with E-state index in [1.807, 2.05) is 0 Å². The monoisotopic (exact) mass is 291 g/mol. The lowest BCUT2D eigenvalue weighted by Gasteiger charge is -2.17. The van der Waals surface area contributed by atoms with Crippen LogP contribution in [0.1, 0.15) is 13.8 Å². The van der Waals surface area contributed by atoms with Gasteiger partial charge in [0.05, 0.1) is 25.6 Å². The number of quaternary nitrogens is 1. The first-order valence-corrected chi connectivity index (χ1v) is 6.37. The van der Waals surface area contributed by atoms with Crippen molar-refractivity contribution >= 4 is 11.7 Å². The summed E-state index contributed by atoms with van der Waals surface area (Å²) in [7, 11) is 4.45. The molecule has 1 fully saturated rings. The Labute approximate surface area is 122 Å². The molecule has 0 amide bonds. The Hall–Kier alpha value is -2.36. The van der Waals surface area contributed by atoms with Crippen LogP contribution in [0.5, 0.6) is 0 Å². The van der Waals surface area contributed by atoms with Gasteiger partial charge in [0.2, 0.25) is 0 Å². The second-order valence-corrected chi connectivity index (χ2v) is 5.10. The number of hydrogen-bond acceptors (Lipinski definition) is 8. The molecule has 21 heavy (non-hydrogen) atoms. The van der Waals surface area contributed by atoms with Gasteiger partial charge in [0.25, 0.3) is 5.54 Å². The van der Waals surface area contributed by atoms with E-state index in [4.69, 9.17) is 10.5 Å². The molecule has 0 saturated carbocycles. The van der Waals surface area contributed by atoms with Crippen LogP contribution in [-0.2, 0) is 4.79 Å². The number of aliphatic carboxylic acids is 1. The molecular formula is C12H17N7O2. The third-order valence-corrected chi connectivity index (χ3v) is 3.84. The first-order chi connectivity index (χ1) is 9.79. The van der Waals surface area contributed by atoms with Crippen LogP contribution >= 0.6 is 0 Å². The van der Waals surface area contributed by atoms with Gasteiger partial charge in [-0.05, 0) is 19.2 Å². The van der Waals surface area contributed by atoms with Crippen LogP contribution in [0.2, 0.25) is 0 Å². The van der Waals surface area contributed by atoms with E-state index in [2.05, 4.69) is 48.3 Å². The van der Waals surface area contributed by atoms with E-state index in [0.717, 1.165) is 6.04 Å². The van der Waals surface area contributed by atoms with Gasteiger partial charge in [-0.3, -0.25) is 0 Å².